The molecule has 0 aliphatic heterocycles. The van der Waals surface area contributed by atoms with Crippen molar-refractivity contribution in [1.82, 2.24) is 4.98 Å². The first kappa shape index (κ1) is 19.5. The summed E-state index contributed by atoms with van der Waals surface area (Å²) in [7, 11) is 0. The lowest BCUT2D eigenvalue weighted by atomic mass is 10.2. The van der Waals surface area contributed by atoms with Gasteiger partial charge in [-0.05, 0) is 42.5 Å². The Morgan fingerprint density at radius 1 is 0.933 bits per heavy atom. The molecule has 150 valence electrons. The van der Waals surface area contributed by atoms with Crippen molar-refractivity contribution in [2.24, 2.45) is 0 Å². The zero-order chi connectivity index (χ0) is 20.9. The molecule has 2 amide bonds. The Morgan fingerprint density at radius 2 is 1.77 bits per heavy atom. The van der Waals surface area contributed by atoms with E-state index < -0.39 is 5.91 Å². The zero-order valence-corrected chi connectivity index (χ0v) is 16.3. The Bertz CT molecular complexity index is 1170. The van der Waals surface area contributed by atoms with E-state index in [0.717, 1.165) is 5.56 Å². The van der Waals surface area contributed by atoms with Crippen LogP contribution in [0.2, 0.25) is 5.02 Å². The molecular formula is C22H16ClN3O4. The summed E-state index contributed by atoms with van der Waals surface area (Å²) in [4.78, 5) is 29.1. The molecule has 2 heterocycles. The topological polar surface area (TPSA) is 97.4 Å². The number of hydrogen-bond donors (Lipinski definition) is 2. The van der Waals surface area contributed by atoms with E-state index in [0.29, 0.717) is 28.0 Å². The van der Waals surface area contributed by atoms with E-state index in [1.165, 1.54) is 18.6 Å². The van der Waals surface area contributed by atoms with Crippen LogP contribution >= 0.6 is 11.6 Å². The van der Waals surface area contributed by atoms with Crippen molar-refractivity contribution in [3.8, 4) is 11.5 Å². The maximum atomic E-state index is 12.5. The van der Waals surface area contributed by atoms with Crippen molar-refractivity contribution in [2.45, 2.75) is 6.42 Å². The van der Waals surface area contributed by atoms with Crippen LogP contribution in [-0.2, 0) is 11.2 Å². The molecule has 7 nitrogen and oxygen atoms in total. The van der Waals surface area contributed by atoms with Gasteiger partial charge in [-0.15, -0.1) is 0 Å². The summed E-state index contributed by atoms with van der Waals surface area (Å²) in [6.45, 7) is 0. The average Bonchev–Trinajstić information content (AvgIpc) is 3.43. The summed E-state index contributed by atoms with van der Waals surface area (Å²) in [6, 6.07) is 17.3. The Morgan fingerprint density at radius 3 is 2.53 bits per heavy atom. The number of benzene rings is 2. The molecule has 0 spiro atoms. The lowest BCUT2D eigenvalue weighted by Gasteiger charge is -2.12. The number of nitrogens with one attached hydrogen (secondary N) is 2. The predicted octanol–water partition coefficient (Wildman–Crippen LogP) is 5.02. The number of anilines is 2. The molecule has 0 aliphatic rings. The second kappa shape index (κ2) is 8.67. The molecule has 0 atom stereocenters. The van der Waals surface area contributed by atoms with Gasteiger partial charge in [0.1, 0.15) is 6.26 Å². The fourth-order valence-corrected chi connectivity index (χ4v) is 2.95. The minimum Gasteiger partial charge on any atom is -0.459 e. The van der Waals surface area contributed by atoms with E-state index in [-0.39, 0.29) is 18.1 Å². The number of hydrogen-bond acceptors (Lipinski definition) is 5. The molecule has 0 aliphatic carbocycles. The largest absolute Gasteiger partial charge is 0.459 e. The van der Waals surface area contributed by atoms with Crippen molar-refractivity contribution in [3.05, 3.63) is 89.7 Å². The maximum Gasteiger partial charge on any atom is 0.291 e. The molecular weight excluding hydrogens is 406 g/mol. The van der Waals surface area contributed by atoms with Crippen LogP contribution in [0.15, 0.2) is 82.0 Å². The third-order valence-corrected chi connectivity index (χ3v) is 4.40. The number of halogens is 1. The van der Waals surface area contributed by atoms with Gasteiger partial charge in [-0.25, -0.2) is 4.98 Å². The standard InChI is InChI=1S/C22H16ClN3O4/c23-15-8-9-17(18(11-15)26-21(28)19-7-4-10-29-19)25-20(27)12-16-13-30-22(24-16)14-5-2-1-3-6-14/h1-11,13H,12H2,(H,25,27)(H,26,28). The number of amides is 2. The molecule has 8 heteroatoms. The maximum absolute atomic E-state index is 12.5. The minimum absolute atomic E-state index is 0.00449. The molecule has 4 rings (SSSR count). The second-order valence-electron chi connectivity index (χ2n) is 6.36. The molecule has 0 saturated heterocycles. The van der Waals surface area contributed by atoms with Crippen LogP contribution in [0.3, 0.4) is 0 Å². The van der Waals surface area contributed by atoms with Crippen LogP contribution in [-0.4, -0.2) is 16.8 Å². The first-order valence-electron chi connectivity index (χ1n) is 9.02. The molecule has 0 saturated carbocycles. The highest BCUT2D eigenvalue weighted by molar-refractivity contribution is 6.31. The van der Waals surface area contributed by atoms with E-state index in [1.807, 2.05) is 30.3 Å². The van der Waals surface area contributed by atoms with Gasteiger partial charge in [0.15, 0.2) is 5.76 Å². The number of aromatic nitrogens is 1. The van der Waals surface area contributed by atoms with Crippen LogP contribution in [0.4, 0.5) is 11.4 Å². The van der Waals surface area contributed by atoms with Crippen LogP contribution in [0.1, 0.15) is 16.2 Å². The number of rotatable bonds is 6. The van der Waals surface area contributed by atoms with Gasteiger partial charge >= 0.3 is 0 Å². The molecule has 30 heavy (non-hydrogen) atoms. The van der Waals surface area contributed by atoms with Crippen molar-refractivity contribution in [1.29, 1.82) is 0 Å². The van der Waals surface area contributed by atoms with Crippen molar-refractivity contribution in [2.75, 3.05) is 10.6 Å². The van der Waals surface area contributed by atoms with Gasteiger partial charge in [-0.3, -0.25) is 9.59 Å². The summed E-state index contributed by atoms with van der Waals surface area (Å²) in [5.41, 5.74) is 2.06. The van der Waals surface area contributed by atoms with E-state index in [4.69, 9.17) is 20.4 Å². The highest BCUT2D eigenvalue weighted by atomic mass is 35.5. The van der Waals surface area contributed by atoms with Crippen molar-refractivity contribution >= 4 is 34.8 Å². The fourth-order valence-electron chi connectivity index (χ4n) is 2.78. The number of carbonyl (C=O) groups excluding carboxylic acids is 2. The summed E-state index contributed by atoms with van der Waals surface area (Å²) < 4.78 is 10.5. The van der Waals surface area contributed by atoms with Gasteiger partial charge in [0.05, 0.1) is 29.8 Å². The quantitative estimate of drug-likeness (QED) is 0.455. The van der Waals surface area contributed by atoms with Gasteiger partial charge in [-0.2, -0.15) is 0 Å². The Hall–Kier alpha value is -3.84. The van der Waals surface area contributed by atoms with Gasteiger partial charge in [0, 0.05) is 10.6 Å². The highest BCUT2D eigenvalue weighted by Crippen LogP contribution is 2.27. The number of nitrogens with zero attached hydrogens (tertiary/aromatic N) is 1. The monoisotopic (exact) mass is 421 g/mol. The van der Waals surface area contributed by atoms with Crippen molar-refractivity contribution < 1.29 is 18.4 Å². The third-order valence-electron chi connectivity index (χ3n) is 4.16. The fraction of sp³-hybridized carbons (Fsp3) is 0.0455. The van der Waals surface area contributed by atoms with Crippen LogP contribution in [0.25, 0.3) is 11.5 Å². The van der Waals surface area contributed by atoms with E-state index in [2.05, 4.69) is 15.6 Å². The van der Waals surface area contributed by atoms with Gasteiger partial charge in [0.2, 0.25) is 11.8 Å². The van der Waals surface area contributed by atoms with E-state index in [9.17, 15) is 9.59 Å². The Labute approximate surface area is 176 Å². The summed E-state index contributed by atoms with van der Waals surface area (Å²) in [5.74, 6) is -0.194. The molecule has 0 unspecified atom stereocenters. The number of furan rings is 1. The highest BCUT2D eigenvalue weighted by Gasteiger charge is 2.15. The molecule has 4 aromatic rings. The summed E-state index contributed by atoms with van der Waals surface area (Å²) in [5, 5.41) is 5.85. The number of oxazole rings is 1. The van der Waals surface area contributed by atoms with Crippen LogP contribution in [0.5, 0.6) is 0 Å². The first-order valence-corrected chi connectivity index (χ1v) is 9.40. The van der Waals surface area contributed by atoms with Crippen LogP contribution in [0, 0.1) is 0 Å². The smallest absolute Gasteiger partial charge is 0.291 e. The zero-order valence-electron chi connectivity index (χ0n) is 15.6. The Balaban J connectivity index is 1.46. The third kappa shape index (κ3) is 4.59. The SMILES string of the molecule is O=C(Cc1coc(-c2ccccc2)n1)Nc1ccc(Cl)cc1NC(=O)c1ccco1. The van der Waals surface area contributed by atoms with Crippen LogP contribution < -0.4 is 10.6 Å². The second-order valence-corrected chi connectivity index (χ2v) is 6.79. The molecule has 0 fully saturated rings. The summed E-state index contributed by atoms with van der Waals surface area (Å²) >= 11 is 6.04. The first-order chi connectivity index (χ1) is 14.6. The molecule has 0 radical (unpaired) electrons. The lowest BCUT2D eigenvalue weighted by Crippen LogP contribution is -2.18. The van der Waals surface area contributed by atoms with Gasteiger partial charge in [-0.1, -0.05) is 29.8 Å². The minimum atomic E-state index is -0.457. The van der Waals surface area contributed by atoms with Gasteiger partial charge in [0.25, 0.3) is 5.91 Å². The Kier molecular flexibility index (Phi) is 5.63. The van der Waals surface area contributed by atoms with E-state index >= 15 is 0 Å². The molecule has 2 aromatic heterocycles. The normalized spacial score (nSPS) is 10.6. The molecule has 2 N–H and O–H groups in total. The molecule has 2 aromatic carbocycles. The lowest BCUT2D eigenvalue weighted by molar-refractivity contribution is -0.115. The molecule has 0 bridgehead atoms. The van der Waals surface area contributed by atoms with Crippen molar-refractivity contribution in [3.63, 3.8) is 0 Å². The average molecular weight is 422 g/mol. The summed E-state index contributed by atoms with van der Waals surface area (Å²) in [6.07, 6.45) is 2.85. The van der Waals surface area contributed by atoms with Gasteiger partial charge < -0.3 is 19.5 Å². The van der Waals surface area contributed by atoms with E-state index in [1.54, 1.807) is 24.3 Å². The number of carbonyl (C=O) groups is 2. The predicted molar refractivity (Wildman–Crippen MR) is 112 cm³/mol.